The number of amides is 1. The van der Waals surface area contributed by atoms with Crippen molar-refractivity contribution in [3.05, 3.63) is 82.8 Å². The first-order chi connectivity index (χ1) is 15.6. The highest BCUT2D eigenvalue weighted by Gasteiger charge is 2.17. The Labute approximate surface area is 200 Å². The molecule has 3 aromatic carbocycles. The summed E-state index contributed by atoms with van der Waals surface area (Å²) in [6, 6.07) is 23.0. The summed E-state index contributed by atoms with van der Waals surface area (Å²) in [6.07, 6.45) is 0. The van der Waals surface area contributed by atoms with Gasteiger partial charge in [0.05, 0.1) is 10.8 Å². The van der Waals surface area contributed by atoms with Gasteiger partial charge in [0.15, 0.2) is 11.0 Å². The van der Waals surface area contributed by atoms with E-state index in [1.807, 2.05) is 72.2 Å². The molecule has 0 atom stereocenters. The van der Waals surface area contributed by atoms with Gasteiger partial charge in [0.25, 0.3) is 0 Å². The van der Waals surface area contributed by atoms with Gasteiger partial charge < -0.3 is 9.88 Å². The number of hydrogen-bond donors (Lipinski definition) is 1. The van der Waals surface area contributed by atoms with Gasteiger partial charge in [-0.15, -0.1) is 10.2 Å². The molecular weight excluding hydrogens is 463 g/mol. The highest BCUT2D eigenvalue weighted by Crippen LogP contribution is 2.32. The molecule has 0 radical (unpaired) electrons. The molecule has 0 aliphatic rings. The molecule has 1 aromatic heterocycles. The van der Waals surface area contributed by atoms with Crippen LogP contribution in [0.3, 0.4) is 0 Å². The fourth-order valence-corrected chi connectivity index (χ4v) is 4.62. The minimum Gasteiger partial charge on any atom is -0.325 e. The molecule has 5 nitrogen and oxygen atoms in total. The van der Waals surface area contributed by atoms with E-state index in [1.54, 1.807) is 12.1 Å². The molecule has 0 saturated carbocycles. The monoisotopic (exact) mass is 482 g/mol. The Bertz CT molecular complexity index is 1240. The van der Waals surface area contributed by atoms with Crippen molar-refractivity contribution < 1.29 is 4.79 Å². The van der Waals surface area contributed by atoms with Gasteiger partial charge in [-0.1, -0.05) is 83.5 Å². The zero-order valence-corrected chi connectivity index (χ0v) is 19.6. The molecule has 1 heterocycles. The topological polar surface area (TPSA) is 59.8 Å². The number of aromatic nitrogens is 3. The maximum Gasteiger partial charge on any atom is 0.234 e. The number of thioether (sulfide) groups is 1. The summed E-state index contributed by atoms with van der Waals surface area (Å²) in [7, 11) is 0. The van der Waals surface area contributed by atoms with Crippen molar-refractivity contribution in [2.45, 2.75) is 18.6 Å². The lowest BCUT2D eigenvalue weighted by Crippen LogP contribution is -2.15. The fraction of sp³-hybridized carbons (Fsp3) is 0.125. The van der Waals surface area contributed by atoms with Gasteiger partial charge in [0.1, 0.15) is 0 Å². The maximum atomic E-state index is 12.7. The Hall–Kier alpha value is -2.80. The number of anilines is 1. The lowest BCUT2D eigenvalue weighted by Gasteiger charge is -2.12. The lowest BCUT2D eigenvalue weighted by atomic mass is 10.0. The molecule has 4 aromatic rings. The SMILES string of the molecule is CCn1c(SCC(=O)Nc2ccccc2-c2ccccc2)nnc1-c1ccc(Cl)cc1Cl. The number of carbonyl (C=O) groups is 1. The van der Waals surface area contributed by atoms with E-state index in [4.69, 9.17) is 23.2 Å². The Balaban J connectivity index is 1.48. The van der Waals surface area contributed by atoms with Crippen molar-refractivity contribution in [3.63, 3.8) is 0 Å². The van der Waals surface area contributed by atoms with E-state index >= 15 is 0 Å². The predicted octanol–water partition coefficient (Wildman–Crippen LogP) is 6.67. The second kappa shape index (κ2) is 10.2. The van der Waals surface area contributed by atoms with E-state index in [2.05, 4.69) is 15.5 Å². The number of benzene rings is 3. The van der Waals surface area contributed by atoms with E-state index in [0.717, 1.165) is 22.4 Å². The predicted molar refractivity (Wildman–Crippen MR) is 132 cm³/mol. The first kappa shape index (κ1) is 22.4. The Morgan fingerprint density at radius 1 is 0.969 bits per heavy atom. The molecule has 1 amide bonds. The third kappa shape index (κ3) is 4.99. The molecule has 8 heteroatoms. The summed E-state index contributed by atoms with van der Waals surface area (Å²) < 4.78 is 1.94. The van der Waals surface area contributed by atoms with Crippen LogP contribution in [0, 0.1) is 0 Å². The summed E-state index contributed by atoms with van der Waals surface area (Å²) in [6.45, 7) is 2.64. The van der Waals surface area contributed by atoms with Crippen molar-refractivity contribution >= 4 is 46.6 Å². The number of para-hydroxylation sites is 1. The van der Waals surface area contributed by atoms with Crippen LogP contribution >= 0.6 is 35.0 Å². The molecule has 0 saturated heterocycles. The number of rotatable bonds is 7. The van der Waals surface area contributed by atoms with Gasteiger partial charge in [-0.25, -0.2) is 0 Å². The van der Waals surface area contributed by atoms with Crippen molar-refractivity contribution in [2.24, 2.45) is 0 Å². The number of hydrogen-bond acceptors (Lipinski definition) is 4. The van der Waals surface area contributed by atoms with Gasteiger partial charge in [-0.2, -0.15) is 0 Å². The molecule has 32 heavy (non-hydrogen) atoms. The smallest absolute Gasteiger partial charge is 0.234 e. The van der Waals surface area contributed by atoms with Crippen molar-refractivity contribution in [1.82, 2.24) is 14.8 Å². The molecule has 1 N–H and O–H groups in total. The standard InChI is InChI=1S/C24H20Cl2N4OS/c1-2-30-23(19-13-12-17(25)14-20(19)26)28-29-24(30)32-15-22(31)27-21-11-7-6-10-18(21)16-8-4-3-5-9-16/h3-14H,2,15H2,1H3,(H,27,31). The minimum absolute atomic E-state index is 0.116. The summed E-state index contributed by atoms with van der Waals surface area (Å²) in [5, 5.41) is 13.3. The van der Waals surface area contributed by atoms with Gasteiger partial charge >= 0.3 is 0 Å². The lowest BCUT2D eigenvalue weighted by molar-refractivity contribution is -0.113. The first-order valence-corrected chi connectivity index (χ1v) is 11.8. The molecule has 0 unspecified atom stereocenters. The average molecular weight is 483 g/mol. The van der Waals surface area contributed by atoms with Gasteiger partial charge in [-0.3, -0.25) is 4.79 Å². The molecule has 0 aliphatic heterocycles. The molecule has 0 aliphatic carbocycles. The summed E-state index contributed by atoms with van der Waals surface area (Å²) >= 11 is 13.7. The summed E-state index contributed by atoms with van der Waals surface area (Å²) in [5.41, 5.74) is 3.54. The molecule has 0 fully saturated rings. The third-order valence-electron chi connectivity index (χ3n) is 4.82. The van der Waals surface area contributed by atoms with Crippen LogP contribution in [0.1, 0.15) is 6.92 Å². The average Bonchev–Trinajstić information content (AvgIpc) is 3.21. The molecule has 162 valence electrons. The summed E-state index contributed by atoms with van der Waals surface area (Å²) in [5.74, 6) is 0.733. The first-order valence-electron chi connectivity index (χ1n) is 10.0. The molecule has 0 bridgehead atoms. The zero-order chi connectivity index (χ0) is 22.5. The Morgan fingerprint density at radius 3 is 2.47 bits per heavy atom. The minimum atomic E-state index is -0.116. The van der Waals surface area contributed by atoms with E-state index in [-0.39, 0.29) is 11.7 Å². The molecular formula is C24H20Cl2N4OS. The van der Waals surface area contributed by atoms with Crippen LogP contribution < -0.4 is 5.32 Å². The van der Waals surface area contributed by atoms with Crippen LogP contribution in [0.5, 0.6) is 0 Å². The molecule has 0 spiro atoms. The number of nitrogens with one attached hydrogen (secondary N) is 1. The third-order valence-corrected chi connectivity index (χ3v) is 6.34. The van der Waals surface area contributed by atoms with Crippen molar-refractivity contribution in [2.75, 3.05) is 11.1 Å². The molecule has 4 rings (SSSR count). The van der Waals surface area contributed by atoms with E-state index < -0.39 is 0 Å². The van der Waals surface area contributed by atoms with Crippen LogP contribution in [-0.2, 0) is 11.3 Å². The van der Waals surface area contributed by atoms with Crippen LogP contribution in [0.2, 0.25) is 10.0 Å². The van der Waals surface area contributed by atoms with Crippen LogP contribution in [0.4, 0.5) is 5.69 Å². The van der Waals surface area contributed by atoms with E-state index in [1.165, 1.54) is 11.8 Å². The highest BCUT2D eigenvalue weighted by molar-refractivity contribution is 7.99. The fourth-order valence-electron chi connectivity index (χ4n) is 3.33. The maximum absolute atomic E-state index is 12.7. The van der Waals surface area contributed by atoms with Crippen molar-refractivity contribution in [3.8, 4) is 22.5 Å². The van der Waals surface area contributed by atoms with Gasteiger partial charge in [-0.05, 0) is 36.8 Å². The largest absolute Gasteiger partial charge is 0.325 e. The summed E-state index contributed by atoms with van der Waals surface area (Å²) in [4.78, 5) is 12.7. The normalized spacial score (nSPS) is 10.8. The van der Waals surface area contributed by atoms with Gasteiger partial charge in [0, 0.05) is 28.4 Å². The van der Waals surface area contributed by atoms with E-state index in [9.17, 15) is 4.79 Å². The second-order valence-electron chi connectivity index (χ2n) is 6.92. The quantitative estimate of drug-likeness (QED) is 0.298. The van der Waals surface area contributed by atoms with Crippen LogP contribution in [0.25, 0.3) is 22.5 Å². The van der Waals surface area contributed by atoms with Crippen molar-refractivity contribution in [1.29, 1.82) is 0 Å². The highest BCUT2D eigenvalue weighted by atomic mass is 35.5. The van der Waals surface area contributed by atoms with Crippen LogP contribution in [0.15, 0.2) is 78.0 Å². The Kier molecular flexibility index (Phi) is 7.15. The number of halogens is 2. The number of nitrogens with zero attached hydrogens (tertiary/aromatic N) is 3. The zero-order valence-electron chi connectivity index (χ0n) is 17.3. The second-order valence-corrected chi connectivity index (χ2v) is 8.71. The Morgan fingerprint density at radius 2 is 1.72 bits per heavy atom. The van der Waals surface area contributed by atoms with Gasteiger partial charge in [0.2, 0.25) is 5.91 Å². The number of carbonyl (C=O) groups excluding carboxylic acids is 1. The van der Waals surface area contributed by atoms with Crippen LogP contribution in [-0.4, -0.2) is 26.4 Å². The van der Waals surface area contributed by atoms with E-state index in [0.29, 0.717) is 27.6 Å².